The average Bonchev–Trinajstić information content (AvgIpc) is 3.00. The fourth-order valence-electron chi connectivity index (χ4n) is 2.58. The molecule has 0 fully saturated rings. The van der Waals surface area contributed by atoms with E-state index in [-0.39, 0.29) is 10.6 Å². The topological polar surface area (TPSA) is 34.9 Å². The van der Waals surface area contributed by atoms with Crippen molar-refractivity contribution < 1.29 is 17.4 Å². The number of aryl methyl sites for hydroxylation is 1. The van der Waals surface area contributed by atoms with Gasteiger partial charge in [-0.1, -0.05) is 30.3 Å². The molecule has 0 N–H and O–H groups in total. The smallest absolute Gasteiger partial charge is 0.248 e. The molecule has 26 heavy (non-hydrogen) atoms. The number of para-hydroxylation sites is 1. The van der Waals surface area contributed by atoms with Gasteiger partial charge in [0.1, 0.15) is 0 Å². The predicted octanol–water partition coefficient (Wildman–Crippen LogP) is 5.10. The Morgan fingerprint density at radius 3 is 2.35 bits per heavy atom. The maximum atomic E-state index is 13.2. The Kier molecular flexibility index (Phi) is 4.62. The molecule has 0 saturated carbocycles. The summed E-state index contributed by atoms with van der Waals surface area (Å²) in [5.74, 6) is 3.45. The summed E-state index contributed by atoms with van der Waals surface area (Å²) in [4.78, 5) is 0.283. The molecular weight excluding hydrogens is 385 g/mol. The average molecular weight is 399 g/mol. The molecule has 1 unspecified atom stereocenters. The maximum absolute atomic E-state index is 13.2. The third-order valence-corrected chi connectivity index (χ3v) is 5.41. The Bertz CT molecular complexity index is 1060. The summed E-state index contributed by atoms with van der Waals surface area (Å²) in [5.41, 5.74) is 0.728. The van der Waals surface area contributed by atoms with Gasteiger partial charge in [-0.25, -0.2) is 8.89 Å². The van der Waals surface area contributed by atoms with Gasteiger partial charge in [0.15, 0.2) is 5.69 Å². The van der Waals surface area contributed by atoms with Crippen LogP contribution in [-0.2, 0) is 14.9 Å². The molecule has 2 aromatic carbocycles. The molecule has 0 radical (unpaired) electrons. The van der Waals surface area contributed by atoms with Gasteiger partial charge in [0.25, 0.3) is 0 Å². The number of rotatable bonds is 3. The minimum absolute atomic E-state index is 0.213. The van der Waals surface area contributed by atoms with E-state index in [4.69, 9.17) is 10.7 Å². The Balaban J connectivity index is 2.27. The lowest BCUT2D eigenvalue weighted by Crippen LogP contribution is -2.07. The second kappa shape index (κ2) is 6.48. The lowest BCUT2D eigenvalue weighted by Gasteiger charge is -2.11. The van der Waals surface area contributed by atoms with Gasteiger partial charge in [0.05, 0.1) is 20.1 Å². The minimum atomic E-state index is -4.59. The van der Waals surface area contributed by atoms with Crippen LogP contribution in [-0.4, -0.2) is 19.9 Å². The van der Waals surface area contributed by atoms with Crippen molar-refractivity contribution >= 4 is 25.3 Å². The monoisotopic (exact) mass is 398 g/mol. The molecule has 0 aliphatic carbocycles. The van der Waals surface area contributed by atoms with Crippen molar-refractivity contribution in [3.8, 4) is 16.9 Å². The molecule has 3 nitrogen and oxygen atoms in total. The third kappa shape index (κ3) is 3.64. The zero-order valence-corrected chi connectivity index (χ0v) is 15.2. The van der Waals surface area contributed by atoms with E-state index in [0.29, 0.717) is 16.8 Å². The zero-order chi connectivity index (χ0) is 19.1. The second-order valence-corrected chi connectivity index (χ2v) is 8.86. The van der Waals surface area contributed by atoms with Crippen LogP contribution in [0.15, 0.2) is 59.5 Å². The summed E-state index contributed by atoms with van der Waals surface area (Å²) in [7, 11) is 2.83. The summed E-state index contributed by atoms with van der Waals surface area (Å²) in [6.07, 6.45) is -4.59. The molecule has 0 bridgehead atoms. The number of hydrogen-bond donors (Lipinski definition) is 0. The summed E-state index contributed by atoms with van der Waals surface area (Å²) in [6, 6.07) is 14.2. The van der Waals surface area contributed by atoms with E-state index in [2.05, 4.69) is 11.0 Å². The first-order chi connectivity index (χ1) is 12.1. The van der Waals surface area contributed by atoms with Gasteiger partial charge in [0, 0.05) is 10.5 Å². The van der Waals surface area contributed by atoms with Crippen LogP contribution in [0.5, 0.6) is 0 Å². The lowest BCUT2D eigenvalue weighted by atomic mass is 10.1. The number of aromatic nitrogens is 2. The third-order valence-electron chi connectivity index (χ3n) is 3.81. The Hall–Kier alpha value is -2.25. The normalized spacial score (nSPS) is 14.2. The molecule has 136 valence electrons. The van der Waals surface area contributed by atoms with Crippen LogP contribution in [0.4, 0.5) is 13.2 Å². The summed E-state index contributed by atoms with van der Waals surface area (Å²) >= 11 is 0. The molecule has 1 heterocycles. The van der Waals surface area contributed by atoms with Gasteiger partial charge in [0.2, 0.25) is 0 Å². The molecule has 1 aromatic heterocycles. The Labute approximate surface area is 153 Å². The minimum Gasteiger partial charge on any atom is -0.248 e. The number of halogens is 4. The van der Waals surface area contributed by atoms with E-state index in [1.165, 1.54) is 10.7 Å². The van der Waals surface area contributed by atoms with Crippen molar-refractivity contribution in [2.45, 2.75) is 18.0 Å². The Morgan fingerprint density at radius 1 is 1.12 bits per heavy atom. The molecule has 0 spiro atoms. The highest BCUT2D eigenvalue weighted by molar-refractivity contribution is 8.21. The second-order valence-electron chi connectivity index (χ2n) is 5.73. The number of nitrogens with zero attached hydrogens (tertiary/aromatic N) is 2. The molecule has 0 aliphatic heterocycles. The van der Waals surface area contributed by atoms with Crippen LogP contribution in [0.3, 0.4) is 0 Å². The van der Waals surface area contributed by atoms with Crippen molar-refractivity contribution in [2.24, 2.45) is 0 Å². The van der Waals surface area contributed by atoms with Crippen molar-refractivity contribution in [1.82, 2.24) is 9.78 Å². The first kappa shape index (κ1) is 18.5. The van der Waals surface area contributed by atoms with Crippen molar-refractivity contribution in [3.63, 3.8) is 0 Å². The highest BCUT2D eigenvalue weighted by Crippen LogP contribution is 2.34. The van der Waals surface area contributed by atoms with Gasteiger partial charge in [-0.3, -0.25) is 0 Å². The molecule has 3 rings (SSSR count). The van der Waals surface area contributed by atoms with Crippen LogP contribution in [0.2, 0.25) is 0 Å². The first-order valence-corrected chi connectivity index (χ1v) is 10.0. The van der Waals surface area contributed by atoms with Crippen LogP contribution in [0.25, 0.3) is 16.9 Å². The van der Waals surface area contributed by atoms with Gasteiger partial charge in [-0.2, -0.15) is 18.3 Å². The van der Waals surface area contributed by atoms with E-state index in [0.717, 1.165) is 6.07 Å². The number of hydrogen-bond acceptors (Lipinski definition) is 2. The van der Waals surface area contributed by atoms with Gasteiger partial charge >= 0.3 is 6.18 Å². The molecular formula is C18H14ClF3N2OS. The summed E-state index contributed by atoms with van der Waals surface area (Å²) in [6.45, 7) is 1.71. The molecule has 1 atom stereocenters. The predicted molar refractivity (Wildman–Crippen MR) is 98.1 cm³/mol. The highest BCUT2D eigenvalue weighted by atomic mass is 35.7. The molecule has 8 heteroatoms. The Morgan fingerprint density at radius 2 is 1.77 bits per heavy atom. The van der Waals surface area contributed by atoms with E-state index < -0.39 is 20.6 Å². The fraction of sp³-hybridized carbons (Fsp3) is 0.111. The van der Waals surface area contributed by atoms with Crippen LogP contribution in [0.1, 0.15) is 11.3 Å². The first-order valence-electron chi connectivity index (χ1n) is 7.48. The standard InChI is InChI=1S/C18H14ClF3N2OS/c1-12-8-9-13(10-16(12)26(2,19)25)15-11-17(18(20,21)22)23-24(15)14-6-4-3-5-7-14/h3-11H,2H2,1H3. The van der Waals surface area contributed by atoms with Crippen molar-refractivity contribution in [2.75, 3.05) is 0 Å². The van der Waals surface area contributed by atoms with E-state index in [1.54, 1.807) is 49.4 Å². The van der Waals surface area contributed by atoms with Crippen molar-refractivity contribution in [3.05, 3.63) is 65.9 Å². The fourth-order valence-corrected chi connectivity index (χ4v) is 3.93. The molecule has 3 aromatic rings. The molecule has 0 aliphatic rings. The lowest BCUT2D eigenvalue weighted by molar-refractivity contribution is -0.141. The molecule has 0 amide bonds. The van der Waals surface area contributed by atoms with E-state index in [9.17, 15) is 17.4 Å². The highest BCUT2D eigenvalue weighted by Gasteiger charge is 2.35. The SMILES string of the molecule is C=S(=O)(Cl)c1cc(-c2cc(C(F)(F)F)nn2-c2ccccc2)ccc1C. The van der Waals surface area contributed by atoms with Crippen LogP contribution < -0.4 is 0 Å². The van der Waals surface area contributed by atoms with Crippen LogP contribution >= 0.6 is 10.7 Å². The summed E-state index contributed by atoms with van der Waals surface area (Å²) < 4.78 is 52.9. The number of alkyl halides is 3. The van der Waals surface area contributed by atoms with E-state index in [1.807, 2.05) is 0 Å². The van der Waals surface area contributed by atoms with Crippen LogP contribution in [0, 0.1) is 6.92 Å². The van der Waals surface area contributed by atoms with Gasteiger partial charge in [-0.15, -0.1) is 0 Å². The van der Waals surface area contributed by atoms with Gasteiger partial charge < -0.3 is 0 Å². The zero-order valence-electron chi connectivity index (χ0n) is 13.6. The maximum Gasteiger partial charge on any atom is 0.435 e. The largest absolute Gasteiger partial charge is 0.435 e. The quantitative estimate of drug-likeness (QED) is 0.454. The number of benzene rings is 2. The van der Waals surface area contributed by atoms with Gasteiger partial charge in [-0.05, 0) is 53.3 Å². The van der Waals surface area contributed by atoms with E-state index >= 15 is 0 Å². The molecule has 0 saturated heterocycles. The van der Waals surface area contributed by atoms with Crippen molar-refractivity contribution in [1.29, 1.82) is 0 Å². The summed E-state index contributed by atoms with van der Waals surface area (Å²) in [5, 5.41) is 3.71.